The summed E-state index contributed by atoms with van der Waals surface area (Å²) in [5.74, 6) is 0.914. The van der Waals surface area contributed by atoms with Crippen LogP contribution in [0.5, 0.6) is 5.75 Å². The van der Waals surface area contributed by atoms with E-state index in [1.54, 1.807) is 0 Å². The minimum Gasteiger partial charge on any atom is -0.492 e. The molecule has 2 rings (SSSR count). The van der Waals surface area contributed by atoms with E-state index in [-0.39, 0.29) is 4.83 Å². The van der Waals surface area contributed by atoms with E-state index in [1.807, 2.05) is 17.4 Å². The van der Waals surface area contributed by atoms with Crippen LogP contribution >= 0.6 is 43.2 Å². The number of hydrogen-bond acceptors (Lipinski definition) is 2. The van der Waals surface area contributed by atoms with Crippen molar-refractivity contribution < 1.29 is 4.74 Å². The zero-order chi connectivity index (χ0) is 14.5. The van der Waals surface area contributed by atoms with E-state index in [9.17, 15) is 0 Å². The van der Waals surface area contributed by atoms with Gasteiger partial charge in [0, 0.05) is 4.88 Å². The zero-order valence-corrected chi connectivity index (χ0v) is 15.6. The predicted molar refractivity (Wildman–Crippen MR) is 94.4 cm³/mol. The topological polar surface area (TPSA) is 9.23 Å². The molecule has 0 aliphatic heterocycles. The number of benzene rings is 1. The lowest BCUT2D eigenvalue weighted by Gasteiger charge is -2.13. The molecule has 0 saturated heterocycles. The van der Waals surface area contributed by atoms with Gasteiger partial charge in [0.15, 0.2) is 0 Å². The highest BCUT2D eigenvalue weighted by Gasteiger charge is 2.16. The molecule has 0 amide bonds. The van der Waals surface area contributed by atoms with Crippen LogP contribution < -0.4 is 4.74 Å². The lowest BCUT2D eigenvalue weighted by Crippen LogP contribution is -1.98. The summed E-state index contributed by atoms with van der Waals surface area (Å²) in [5.41, 5.74) is 2.66. The Hall–Kier alpha value is -0.320. The van der Waals surface area contributed by atoms with Crippen LogP contribution in [0.1, 0.15) is 41.1 Å². The van der Waals surface area contributed by atoms with Gasteiger partial charge in [0.2, 0.25) is 0 Å². The van der Waals surface area contributed by atoms with Crippen LogP contribution in [-0.4, -0.2) is 6.61 Å². The third-order valence-corrected chi connectivity index (χ3v) is 6.04. The molecular formula is C16H18Br2OS. The Morgan fingerprint density at radius 3 is 2.70 bits per heavy atom. The van der Waals surface area contributed by atoms with Crippen molar-refractivity contribution in [1.29, 1.82) is 0 Å². The maximum atomic E-state index is 5.70. The van der Waals surface area contributed by atoms with Gasteiger partial charge in [-0.05, 0) is 63.5 Å². The smallest absolute Gasteiger partial charge is 0.133 e. The van der Waals surface area contributed by atoms with Crippen molar-refractivity contribution in [2.75, 3.05) is 6.61 Å². The fourth-order valence-corrected chi connectivity index (χ4v) is 4.43. The molecule has 0 N–H and O–H groups in total. The van der Waals surface area contributed by atoms with E-state index in [0.717, 1.165) is 29.7 Å². The number of halogens is 2. The second-order valence-electron chi connectivity index (χ2n) is 4.56. The molecule has 20 heavy (non-hydrogen) atoms. The van der Waals surface area contributed by atoms with Crippen LogP contribution in [0, 0.1) is 0 Å². The highest BCUT2D eigenvalue weighted by Crippen LogP contribution is 2.39. The molecular weight excluding hydrogens is 400 g/mol. The summed E-state index contributed by atoms with van der Waals surface area (Å²) >= 11 is 9.23. The van der Waals surface area contributed by atoms with Gasteiger partial charge in [-0.1, -0.05) is 35.8 Å². The molecule has 0 fully saturated rings. The third-order valence-electron chi connectivity index (χ3n) is 3.10. The SMILES string of the molecule is CCCOc1ccc(C(Br)c2sccc2CC)cc1Br. The summed E-state index contributed by atoms with van der Waals surface area (Å²) in [6.07, 6.45) is 2.09. The number of ether oxygens (including phenoxy) is 1. The maximum Gasteiger partial charge on any atom is 0.133 e. The minimum atomic E-state index is 0.244. The first-order valence-corrected chi connectivity index (χ1v) is 9.38. The predicted octanol–water partition coefficient (Wildman–Crippen LogP) is 6.35. The van der Waals surface area contributed by atoms with E-state index in [2.05, 4.69) is 69.3 Å². The number of rotatable bonds is 6. The standard InChI is InChI=1S/C16H18Br2OS/c1-3-8-19-14-6-5-12(10-13(14)17)15(18)16-11(4-2)7-9-20-16/h5-7,9-10,15H,3-4,8H2,1-2H3. The molecule has 1 aromatic heterocycles. The first-order valence-electron chi connectivity index (χ1n) is 6.79. The molecule has 0 spiro atoms. The first-order chi connectivity index (χ1) is 9.67. The lowest BCUT2D eigenvalue weighted by atomic mass is 10.1. The van der Waals surface area contributed by atoms with Crippen molar-refractivity contribution in [2.45, 2.75) is 31.5 Å². The summed E-state index contributed by atoms with van der Waals surface area (Å²) in [5, 5.41) is 2.16. The van der Waals surface area contributed by atoms with Crippen molar-refractivity contribution >= 4 is 43.2 Å². The maximum absolute atomic E-state index is 5.70. The molecule has 0 aliphatic rings. The fourth-order valence-electron chi connectivity index (χ4n) is 2.02. The Bertz CT molecular complexity index is 565. The third kappa shape index (κ3) is 3.66. The van der Waals surface area contributed by atoms with Gasteiger partial charge in [-0.25, -0.2) is 0 Å². The largest absolute Gasteiger partial charge is 0.492 e. The fraction of sp³-hybridized carbons (Fsp3) is 0.375. The van der Waals surface area contributed by atoms with Crippen LogP contribution in [0.15, 0.2) is 34.1 Å². The molecule has 4 heteroatoms. The van der Waals surface area contributed by atoms with Gasteiger partial charge in [0.25, 0.3) is 0 Å². The molecule has 108 valence electrons. The average Bonchev–Trinajstić information content (AvgIpc) is 2.93. The van der Waals surface area contributed by atoms with Crippen LogP contribution in [0.4, 0.5) is 0 Å². The highest BCUT2D eigenvalue weighted by atomic mass is 79.9. The van der Waals surface area contributed by atoms with Crippen LogP contribution in [0.3, 0.4) is 0 Å². The molecule has 1 unspecified atom stereocenters. The van der Waals surface area contributed by atoms with E-state index in [0.29, 0.717) is 0 Å². The molecule has 1 aromatic carbocycles. The summed E-state index contributed by atoms with van der Waals surface area (Å²) in [4.78, 5) is 1.63. The Morgan fingerprint density at radius 2 is 2.05 bits per heavy atom. The number of hydrogen-bond donors (Lipinski definition) is 0. The van der Waals surface area contributed by atoms with Crippen molar-refractivity contribution in [3.05, 3.63) is 50.1 Å². The summed E-state index contributed by atoms with van der Waals surface area (Å²) in [6.45, 7) is 5.06. The van der Waals surface area contributed by atoms with Gasteiger partial charge < -0.3 is 4.74 Å². The van der Waals surface area contributed by atoms with Gasteiger partial charge in [0.1, 0.15) is 5.75 Å². The quantitative estimate of drug-likeness (QED) is 0.497. The minimum absolute atomic E-state index is 0.244. The molecule has 0 radical (unpaired) electrons. The number of alkyl halides is 1. The second-order valence-corrected chi connectivity index (χ2v) is 7.28. The average molecular weight is 418 g/mol. The number of aryl methyl sites for hydroxylation is 1. The Labute approximate surface area is 141 Å². The van der Waals surface area contributed by atoms with Crippen LogP contribution in [-0.2, 0) is 6.42 Å². The Kier molecular flexibility index (Phi) is 6.12. The number of thiophene rings is 1. The molecule has 0 bridgehead atoms. The van der Waals surface area contributed by atoms with Crippen LogP contribution in [0.25, 0.3) is 0 Å². The molecule has 2 aromatic rings. The zero-order valence-electron chi connectivity index (χ0n) is 11.7. The van der Waals surface area contributed by atoms with Gasteiger partial charge in [-0.3, -0.25) is 0 Å². The van der Waals surface area contributed by atoms with Crippen molar-refractivity contribution in [3.63, 3.8) is 0 Å². The van der Waals surface area contributed by atoms with Crippen LogP contribution in [0.2, 0.25) is 0 Å². The summed E-state index contributed by atoms with van der Waals surface area (Å²) in [6, 6.07) is 8.53. The van der Waals surface area contributed by atoms with Crippen molar-refractivity contribution in [3.8, 4) is 5.75 Å². The molecule has 1 nitrogen and oxygen atoms in total. The van der Waals surface area contributed by atoms with E-state index >= 15 is 0 Å². The highest BCUT2D eigenvalue weighted by molar-refractivity contribution is 9.10. The normalized spacial score (nSPS) is 12.4. The first kappa shape index (κ1) is 16.1. The second kappa shape index (κ2) is 7.62. The summed E-state index contributed by atoms with van der Waals surface area (Å²) in [7, 11) is 0. The van der Waals surface area contributed by atoms with E-state index < -0.39 is 0 Å². The molecule has 1 atom stereocenters. The van der Waals surface area contributed by atoms with Gasteiger partial charge >= 0.3 is 0 Å². The monoisotopic (exact) mass is 416 g/mol. The van der Waals surface area contributed by atoms with Gasteiger partial charge in [-0.2, -0.15) is 0 Å². The lowest BCUT2D eigenvalue weighted by molar-refractivity contribution is 0.315. The summed E-state index contributed by atoms with van der Waals surface area (Å²) < 4.78 is 6.71. The molecule has 0 aliphatic carbocycles. The van der Waals surface area contributed by atoms with Crippen molar-refractivity contribution in [2.24, 2.45) is 0 Å². The molecule has 0 saturated carbocycles. The van der Waals surface area contributed by atoms with Gasteiger partial charge in [0.05, 0.1) is 15.9 Å². The van der Waals surface area contributed by atoms with E-state index in [1.165, 1.54) is 16.0 Å². The Morgan fingerprint density at radius 1 is 1.25 bits per heavy atom. The van der Waals surface area contributed by atoms with Gasteiger partial charge in [-0.15, -0.1) is 11.3 Å². The molecule has 1 heterocycles. The van der Waals surface area contributed by atoms with E-state index in [4.69, 9.17) is 4.74 Å². The Balaban J connectivity index is 2.23. The van der Waals surface area contributed by atoms with Crippen molar-refractivity contribution in [1.82, 2.24) is 0 Å².